The summed E-state index contributed by atoms with van der Waals surface area (Å²) in [6.07, 6.45) is 2.77. The van der Waals surface area contributed by atoms with Crippen molar-refractivity contribution in [1.29, 1.82) is 0 Å². The van der Waals surface area contributed by atoms with Gasteiger partial charge in [-0.15, -0.1) is 0 Å². The first-order valence-corrected chi connectivity index (χ1v) is 14.7. The first-order valence-electron chi connectivity index (χ1n) is 14.7. The van der Waals surface area contributed by atoms with Crippen LogP contribution in [0.25, 0.3) is 27.8 Å². The van der Waals surface area contributed by atoms with Crippen LogP contribution in [0.2, 0.25) is 0 Å². The van der Waals surface area contributed by atoms with E-state index in [0.717, 1.165) is 62.7 Å². The Kier molecular flexibility index (Phi) is 8.35. The molecule has 0 bridgehead atoms. The second kappa shape index (κ2) is 12.5. The van der Waals surface area contributed by atoms with Gasteiger partial charge in [0.15, 0.2) is 5.65 Å². The molecule has 11 heteroatoms. The molecule has 2 aromatic carbocycles. The predicted octanol–water partition coefficient (Wildman–Crippen LogP) is 4.33. The molecule has 6 rings (SSSR count). The van der Waals surface area contributed by atoms with E-state index in [4.69, 9.17) is 9.84 Å². The number of aromatic nitrogens is 3. The van der Waals surface area contributed by atoms with Gasteiger partial charge in [0.2, 0.25) is 0 Å². The van der Waals surface area contributed by atoms with Crippen LogP contribution in [-0.2, 0) is 11.3 Å². The van der Waals surface area contributed by atoms with Crippen molar-refractivity contribution in [3.8, 4) is 16.8 Å². The molecule has 1 amide bonds. The number of pyridine rings is 1. The van der Waals surface area contributed by atoms with Crippen LogP contribution in [-0.4, -0.2) is 62.6 Å². The summed E-state index contributed by atoms with van der Waals surface area (Å²) in [4.78, 5) is 45.2. The van der Waals surface area contributed by atoms with Crippen molar-refractivity contribution in [1.82, 2.24) is 24.3 Å². The number of benzene rings is 2. The Labute approximate surface area is 247 Å². The zero-order valence-corrected chi connectivity index (χ0v) is 23.7. The number of ether oxygens (including phenoxy) is 1. The van der Waals surface area contributed by atoms with E-state index in [9.17, 15) is 18.8 Å². The van der Waals surface area contributed by atoms with Crippen molar-refractivity contribution < 1.29 is 19.0 Å². The van der Waals surface area contributed by atoms with Crippen LogP contribution in [0.1, 0.15) is 43.7 Å². The molecule has 4 aromatic rings. The first-order chi connectivity index (χ1) is 20.9. The van der Waals surface area contributed by atoms with Gasteiger partial charge in [0.1, 0.15) is 5.82 Å². The van der Waals surface area contributed by atoms with Gasteiger partial charge in [-0.2, -0.15) is 0 Å². The fraction of sp³-hybridized carbons (Fsp3) is 0.375. The van der Waals surface area contributed by atoms with Gasteiger partial charge in [0, 0.05) is 38.3 Å². The van der Waals surface area contributed by atoms with E-state index >= 15 is 0 Å². The Morgan fingerprint density at radius 1 is 1.00 bits per heavy atom. The van der Waals surface area contributed by atoms with Gasteiger partial charge in [-0.1, -0.05) is 36.4 Å². The highest BCUT2D eigenvalue weighted by Gasteiger charge is 2.28. The van der Waals surface area contributed by atoms with Gasteiger partial charge < -0.3 is 15.2 Å². The summed E-state index contributed by atoms with van der Waals surface area (Å²) in [5, 5.41) is 11.6. The lowest BCUT2D eigenvalue weighted by Gasteiger charge is -2.29. The molecule has 1 saturated carbocycles. The van der Waals surface area contributed by atoms with E-state index in [-0.39, 0.29) is 17.1 Å². The SMILES string of the molecule is O=C(O)N[C@H]1CC[C@@H](n2c(=O)c3cc(F)cnc3n(-c3cccc(-c4ccc(CN5CCCOCC5)cc4)c3)c2=O)CC1. The lowest BCUT2D eigenvalue weighted by molar-refractivity contribution is 0.140. The zero-order valence-electron chi connectivity index (χ0n) is 23.7. The number of halogens is 1. The number of hydrogen-bond donors (Lipinski definition) is 2. The topological polar surface area (TPSA) is 119 Å². The second-order valence-corrected chi connectivity index (χ2v) is 11.3. The monoisotopic (exact) mass is 587 g/mol. The van der Waals surface area contributed by atoms with Crippen LogP contribution in [0, 0.1) is 5.82 Å². The quantitative estimate of drug-likeness (QED) is 0.345. The van der Waals surface area contributed by atoms with Crippen LogP contribution < -0.4 is 16.6 Å². The summed E-state index contributed by atoms with van der Waals surface area (Å²) >= 11 is 0. The van der Waals surface area contributed by atoms with E-state index in [2.05, 4.69) is 39.5 Å². The highest BCUT2D eigenvalue weighted by Crippen LogP contribution is 2.28. The standard InChI is InChI=1S/C32H34FN5O5/c33-24-18-28-29(34-19-24)37(32(42)38(30(28)39)26-11-9-25(10-12-26)35-31(40)41)27-4-1-3-23(17-27)22-7-5-21(6-8-22)20-36-13-2-15-43-16-14-36/h1,3-8,17-19,25-26,35H,2,9-16,20H2,(H,40,41)/t25-,26+. The molecule has 2 aliphatic rings. The Bertz CT molecular complexity index is 1740. The molecule has 1 aliphatic carbocycles. The summed E-state index contributed by atoms with van der Waals surface area (Å²) in [6.45, 7) is 4.32. The average molecular weight is 588 g/mol. The molecule has 1 saturated heterocycles. The van der Waals surface area contributed by atoms with Crippen molar-refractivity contribution in [2.45, 2.75) is 50.7 Å². The molecule has 2 N–H and O–H groups in total. The van der Waals surface area contributed by atoms with Gasteiger partial charge in [0.25, 0.3) is 5.56 Å². The highest BCUT2D eigenvalue weighted by molar-refractivity contribution is 5.76. The Balaban J connectivity index is 1.35. The summed E-state index contributed by atoms with van der Waals surface area (Å²) in [5.74, 6) is -0.669. The molecule has 0 unspecified atom stereocenters. The van der Waals surface area contributed by atoms with E-state index in [1.54, 1.807) is 6.07 Å². The van der Waals surface area contributed by atoms with Crippen LogP contribution >= 0.6 is 0 Å². The number of rotatable bonds is 6. The number of amides is 1. The van der Waals surface area contributed by atoms with Gasteiger partial charge in [-0.25, -0.2) is 23.5 Å². The highest BCUT2D eigenvalue weighted by atomic mass is 19.1. The summed E-state index contributed by atoms with van der Waals surface area (Å²) in [5.41, 5.74) is 2.50. The Morgan fingerprint density at radius 3 is 2.56 bits per heavy atom. The van der Waals surface area contributed by atoms with Gasteiger partial charge in [-0.3, -0.25) is 14.3 Å². The number of carbonyl (C=O) groups is 1. The molecule has 2 fully saturated rings. The molecule has 43 heavy (non-hydrogen) atoms. The summed E-state index contributed by atoms with van der Waals surface area (Å²) < 4.78 is 22.4. The van der Waals surface area contributed by atoms with Gasteiger partial charge in [0.05, 0.1) is 23.9 Å². The van der Waals surface area contributed by atoms with E-state index in [1.807, 2.05) is 18.2 Å². The molecule has 10 nitrogen and oxygen atoms in total. The lowest BCUT2D eigenvalue weighted by Crippen LogP contribution is -2.45. The van der Waals surface area contributed by atoms with E-state index in [1.165, 1.54) is 14.7 Å². The van der Waals surface area contributed by atoms with Crippen LogP contribution in [0.5, 0.6) is 0 Å². The minimum absolute atomic E-state index is 0.0130. The third-order valence-corrected chi connectivity index (χ3v) is 8.39. The smallest absolute Gasteiger partial charge is 0.404 e. The van der Waals surface area contributed by atoms with Crippen LogP contribution in [0.15, 0.2) is 70.4 Å². The number of carboxylic acid groups (broad SMARTS) is 1. The van der Waals surface area contributed by atoms with Crippen LogP contribution in [0.4, 0.5) is 9.18 Å². The number of hydrogen-bond acceptors (Lipinski definition) is 6. The molecule has 0 radical (unpaired) electrons. The first kappa shape index (κ1) is 28.8. The maximum atomic E-state index is 14.3. The minimum Gasteiger partial charge on any atom is -0.465 e. The predicted molar refractivity (Wildman–Crippen MR) is 160 cm³/mol. The van der Waals surface area contributed by atoms with Crippen molar-refractivity contribution in [3.05, 3.63) is 93.0 Å². The average Bonchev–Trinajstić information content (AvgIpc) is 3.27. The third kappa shape index (κ3) is 6.23. The maximum Gasteiger partial charge on any atom is 0.404 e. The molecule has 0 spiro atoms. The molecule has 224 valence electrons. The number of nitrogens with zero attached hydrogens (tertiary/aromatic N) is 4. The largest absolute Gasteiger partial charge is 0.465 e. The normalized spacial score (nSPS) is 19.7. The molecule has 0 atom stereocenters. The van der Waals surface area contributed by atoms with Crippen molar-refractivity contribution in [3.63, 3.8) is 0 Å². The molecule has 2 aromatic heterocycles. The molecule has 1 aliphatic heterocycles. The third-order valence-electron chi connectivity index (χ3n) is 8.39. The second-order valence-electron chi connectivity index (χ2n) is 11.3. The molecule has 3 heterocycles. The lowest BCUT2D eigenvalue weighted by atomic mass is 9.91. The van der Waals surface area contributed by atoms with Crippen molar-refractivity contribution in [2.75, 3.05) is 26.3 Å². The summed E-state index contributed by atoms with van der Waals surface area (Å²) in [6, 6.07) is 16.2. The molecular weight excluding hydrogens is 553 g/mol. The minimum atomic E-state index is -1.10. The van der Waals surface area contributed by atoms with E-state index < -0.39 is 29.2 Å². The zero-order chi connectivity index (χ0) is 29.9. The van der Waals surface area contributed by atoms with E-state index in [0.29, 0.717) is 31.4 Å². The fourth-order valence-corrected chi connectivity index (χ4v) is 6.23. The van der Waals surface area contributed by atoms with Gasteiger partial charge >= 0.3 is 11.8 Å². The van der Waals surface area contributed by atoms with Crippen molar-refractivity contribution >= 4 is 17.1 Å². The Morgan fingerprint density at radius 2 is 1.79 bits per heavy atom. The van der Waals surface area contributed by atoms with Gasteiger partial charge in [-0.05, 0) is 67.0 Å². The Hall–Kier alpha value is -4.35. The number of nitrogens with one attached hydrogen (secondary N) is 1. The summed E-state index contributed by atoms with van der Waals surface area (Å²) in [7, 11) is 0. The molecular formula is C32H34FN5O5. The maximum absolute atomic E-state index is 14.3. The fourth-order valence-electron chi connectivity index (χ4n) is 6.23. The number of fused-ring (bicyclic) bond motifs is 1. The van der Waals surface area contributed by atoms with Crippen LogP contribution in [0.3, 0.4) is 0 Å². The van der Waals surface area contributed by atoms with Crippen molar-refractivity contribution in [2.24, 2.45) is 0 Å².